The molecule has 2 heteroatoms. The van der Waals surface area contributed by atoms with Crippen molar-refractivity contribution in [2.45, 2.75) is 25.9 Å². The molecule has 0 aromatic heterocycles. The van der Waals surface area contributed by atoms with Crippen molar-refractivity contribution in [2.75, 3.05) is 0 Å². The first-order valence-corrected chi connectivity index (χ1v) is 6.91. The molecule has 0 bridgehead atoms. The summed E-state index contributed by atoms with van der Waals surface area (Å²) in [6.45, 7) is 2.07. The minimum absolute atomic E-state index is 0.331. The van der Waals surface area contributed by atoms with E-state index >= 15 is 0 Å². The van der Waals surface area contributed by atoms with Crippen molar-refractivity contribution in [3.05, 3.63) is 69.7 Å². The summed E-state index contributed by atoms with van der Waals surface area (Å²) in [5, 5.41) is 10.1. The van der Waals surface area contributed by atoms with Gasteiger partial charge < -0.3 is 5.11 Å². The van der Waals surface area contributed by atoms with Crippen molar-refractivity contribution < 1.29 is 5.11 Å². The molecule has 0 aliphatic heterocycles. The van der Waals surface area contributed by atoms with Gasteiger partial charge in [0.05, 0.1) is 6.10 Å². The lowest BCUT2D eigenvalue weighted by molar-refractivity contribution is 0.175. The maximum Gasteiger partial charge on any atom is 0.0620 e. The number of benzene rings is 2. The normalized spacial score (nSPS) is 12.4. The van der Waals surface area contributed by atoms with Gasteiger partial charge >= 0.3 is 0 Å². The second-order valence-electron chi connectivity index (χ2n) is 4.68. The van der Waals surface area contributed by atoms with E-state index in [-0.39, 0.29) is 6.10 Å². The molecular formula is C16H17BrO. The van der Waals surface area contributed by atoms with Crippen molar-refractivity contribution in [1.82, 2.24) is 0 Å². The average molecular weight is 305 g/mol. The maximum atomic E-state index is 10.1. The summed E-state index contributed by atoms with van der Waals surface area (Å²) in [7, 11) is 0. The molecular weight excluding hydrogens is 288 g/mol. The zero-order valence-electron chi connectivity index (χ0n) is 10.4. The highest BCUT2D eigenvalue weighted by Crippen LogP contribution is 2.15. The van der Waals surface area contributed by atoms with Crippen LogP contribution in [0.4, 0.5) is 0 Å². The van der Waals surface area contributed by atoms with Gasteiger partial charge in [-0.15, -0.1) is 0 Å². The summed E-state index contributed by atoms with van der Waals surface area (Å²) in [4.78, 5) is 0. The number of aryl methyl sites for hydroxylation is 1. The number of aliphatic hydroxyl groups is 1. The molecule has 1 unspecified atom stereocenters. The summed E-state index contributed by atoms with van der Waals surface area (Å²) < 4.78 is 1.06. The fourth-order valence-corrected chi connectivity index (χ4v) is 2.45. The van der Waals surface area contributed by atoms with Gasteiger partial charge in [-0.2, -0.15) is 0 Å². The van der Waals surface area contributed by atoms with Crippen molar-refractivity contribution in [3.63, 3.8) is 0 Å². The van der Waals surface area contributed by atoms with Gasteiger partial charge in [-0.1, -0.05) is 57.9 Å². The molecule has 0 saturated heterocycles. The predicted octanol–water partition coefficient (Wildman–Crippen LogP) is 3.90. The monoisotopic (exact) mass is 304 g/mol. The van der Waals surface area contributed by atoms with Crippen LogP contribution in [0.15, 0.2) is 53.0 Å². The van der Waals surface area contributed by atoms with Crippen LogP contribution in [0.5, 0.6) is 0 Å². The van der Waals surface area contributed by atoms with Gasteiger partial charge in [-0.25, -0.2) is 0 Å². The first kappa shape index (κ1) is 13.3. The van der Waals surface area contributed by atoms with E-state index in [4.69, 9.17) is 0 Å². The highest BCUT2D eigenvalue weighted by atomic mass is 79.9. The van der Waals surface area contributed by atoms with E-state index in [0.717, 1.165) is 10.0 Å². The molecule has 0 saturated carbocycles. The molecule has 1 nitrogen and oxygen atoms in total. The SMILES string of the molecule is Cc1ccc(CC(O)Cc2cccc(Br)c2)cc1. The molecule has 2 aromatic rings. The second-order valence-corrected chi connectivity index (χ2v) is 5.59. The Morgan fingerprint density at radius 2 is 1.67 bits per heavy atom. The van der Waals surface area contributed by atoms with Crippen LogP contribution in [-0.4, -0.2) is 11.2 Å². The minimum atomic E-state index is -0.331. The van der Waals surface area contributed by atoms with Crippen LogP contribution in [0.2, 0.25) is 0 Å². The Labute approximate surface area is 117 Å². The fraction of sp³-hybridized carbons (Fsp3) is 0.250. The van der Waals surface area contributed by atoms with Crippen molar-refractivity contribution in [2.24, 2.45) is 0 Å². The minimum Gasteiger partial charge on any atom is -0.392 e. The summed E-state index contributed by atoms with van der Waals surface area (Å²) in [6, 6.07) is 16.4. The molecule has 18 heavy (non-hydrogen) atoms. The van der Waals surface area contributed by atoms with Crippen LogP contribution < -0.4 is 0 Å². The molecule has 2 rings (SSSR count). The number of halogens is 1. The van der Waals surface area contributed by atoms with Crippen LogP contribution in [0.25, 0.3) is 0 Å². The lowest BCUT2D eigenvalue weighted by atomic mass is 10.0. The Hall–Kier alpha value is -1.12. The molecule has 0 heterocycles. The third kappa shape index (κ3) is 3.97. The van der Waals surface area contributed by atoms with E-state index in [1.165, 1.54) is 11.1 Å². The number of hydrogen-bond donors (Lipinski definition) is 1. The Morgan fingerprint density at radius 3 is 2.33 bits per heavy atom. The lowest BCUT2D eigenvalue weighted by Crippen LogP contribution is -2.13. The summed E-state index contributed by atoms with van der Waals surface area (Å²) in [5.41, 5.74) is 3.59. The Bertz CT molecular complexity index is 505. The largest absolute Gasteiger partial charge is 0.392 e. The van der Waals surface area contributed by atoms with Gasteiger partial charge in [0.1, 0.15) is 0 Å². The van der Waals surface area contributed by atoms with Crippen LogP contribution in [-0.2, 0) is 12.8 Å². The molecule has 1 N–H and O–H groups in total. The Morgan fingerprint density at radius 1 is 1.00 bits per heavy atom. The van der Waals surface area contributed by atoms with E-state index in [0.29, 0.717) is 12.8 Å². The van der Waals surface area contributed by atoms with Crippen molar-refractivity contribution >= 4 is 15.9 Å². The molecule has 1 atom stereocenters. The van der Waals surface area contributed by atoms with Crippen LogP contribution in [0, 0.1) is 6.92 Å². The third-order valence-electron chi connectivity index (χ3n) is 2.95. The second kappa shape index (κ2) is 6.17. The quantitative estimate of drug-likeness (QED) is 0.908. The fourth-order valence-electron chi connectivity index (χ4n) is 2.00. The molecule has 0 radical (unpaired) electrons. The lowest BCUT2D eigenvalue weighted by Gasteiger charge is -2.11. The average Bonchev–Trinajstić information content (AvgIpc) is 2.32. The van der Waals surface area contributed by atoms with Crippen LogP contribution in [0.3, 0.4) is 0 Å². The van der Waals surface area contributed by atoms with E-state index < -0.39 is 0 Å². The third-order valence-corrected chi connectivity index (χ3v) is 3.45. The Balaban J connectivity index is 1.96. The highest BCUT2D eigenvalue weighted by molar-refractivity contribution is 9.10. The first-order chi connectivity index (χ1) is 8.63. The molecule has 0 amide bonds. The molecule has 0 spiro atoms. The first-order valence-electron chi connectivity index (χ1n) is 6.11. The summed E-state index contributed by atoms with van der Waals surface area (Å²) >= 11 is 3.45. The highest BCUT2D eigenvalue weighted by Gasteiger charge is 2.07. The van der Waals surface area contributed by atoms with Gasteiger partial charge in [0.25, 0.3) is 0 Å². The van der Waals surface area contributed by atoms with Gasteiger partial charge in [-0.3, -0.25) is 0 Å². The number of rotatable bonds is 4. The Kier molecular flexibility index (Phi) is 4.56. The molecule has 0 aliphatic rings. The zero-order valence-corrected chi connectivity index (χ0v) is 12.0. The zero-order chi connectivity index (χ0) is 13.0. The van der Waals surface area contributed by atoms with Crippen LogP contribution in [0.1, 0.15) is 16.7 Å². The predicted molar refractivity (Wildman–Crippen MR) is 78.7 cm³/mol. The van der Waals surface area contributed by atoms with Gasteiger partial charge in [0, 0.05) is 4.47 Å². The van der Waals surface area contributed by atoms with E-state index in [1.54, 1.807) is 0 Å². The summed E-state index contributed by atoms with van der Waals surface area (Å²) in [6.07, 6.45) is 1.06. The molecule has 0 fully saturated rings. The van der Waals surface area contributed by atoms with E-state index in [1.807, 2.05) is 18.2 Å². The standard InChI is InChI=1S/C16H17BrO/c1-12-5-7-13(8-6-12)10-16(18)11-14-3-2-4-15(17)9-14/h2-9,16,18H,10-11H2,1H3. The smallest absolute Gasteiger partial charge is 0.0620 e. The maximum absolute atomic E-state index is 10.1. The summed E-state index contributed by atoms with van der Waals surface area (Å²) in [5.74, 6) is 0. The molecule has 2 aromatic carbocycles. The van der Waals surface area contributed by atoms with Gasteiger partial charge in [0.15, 0.2) is 0 Å². The van der Waals surface area contributed by atoms with Crippen LogP contribution >= 0.6 is 15.9 Å². The van der Waals surface area contributed by atoms with Crippen molar-refractivity contribution in [1.29, 1.82) is 0 Å². The molecule has 94 valence electrons. The number of aliphatic hydroxyl groups excluding tert-OH is 1. The van der Waals surface area contributed by atoms with Gasteiger partial charge in [-0.05, 0) is 43.0 Å². The topological polar surface area (TPSA) is 20.2 Å². The number of hydrogen-bond acceptors (Lipinski definition) is 1. The van der Waals surface area contributed by atoms with E-state index in [2.05, 4.69) is 53.2 Å². The van der Waals surface area contributed by atoms with E-state index in [9.17, 15) is 5.11 Å². The van der Waals surface area contributed by atoms with Gasteiger partial charge in [0.2, 0.25) is 0 Å². The molecule has 0 aliphatic carbocycles. The van der Waals surface area contributed by atoms with Crippen molar-refractivity contribution in [3.8, 4) is 0 Å².